The minimum absolute atomic E-state index is 0.101. The van der Waals surface area contributed by atoms with Crippen LogP contribution in [0.1, 0.15) is 25.3 Å². The first-order valence-electron chi connectivity index (χ1n) is 5.86. The van der Waals surface area contributed by atoms with Crippen LogP contribution in [0.5, 0.6) is 0 Å². The Bertz CT molecular complexity index is 391. The molecule has 0 aliphatic carbocycles. The van der Waals surface area contributed by atoms with Gasteiger partial charge >= 0.3 is 0 Å². The highest BCUT2D eigenvalue weighted by molar-refractivity contribution is 9.10. The van der Waals surface area contributed by atoms with Crippen LogP contribution >= 0.6 is 15.9 Å². The Morgan fingerprint density at radius 2 is 2.12 bits per heavy atom. The first-order valence-corrected chi connectivity index (χ1v) is 6.65. The van der Waals surface area contributed by atoms with Gasteiger partial charge in [-0.25, -0.2) is 4.39 Å². The summed E-state index contributed by atoms with van der Waals surface area (Å²) in [5.74, 6) is -0.192. The molecular weight excluding hydrogens is 285 g/mol. The highest BCUT2D eigenvalue weighted by atomic mass is 79.9. The van der Waals surface area contributed by atoms with Crippen molar-refractivity contribution in [2.75, 3.05) is 13.2 Å². The van der Waals surface area contributed by atoms with Crippen LogP contribution in [-0.2, 0) is 11.3 Å². The summed E-state index contributed by atoms with van der Waals surface area (Å²) in [6.45, 7) is 4.47. The largest absolute Gasteiger partial charge is 0.381 e. The predicted octanol–water partition coefficient (Wildman–Crippen LogP) is 3.25. The molecule has 1 aliphatic heterocycles. The Kier molecular flexibility index (Phi) is 4.17. The number of ether oxygens (including phenoxy) is 1. The van der Waals surface area contributed by atoms with Gasteiger partial charge in [-0.05, 0) is 43.5 Å². The van der Waals surface area contributed by atoms with Crippen LogP contribution in [0.4, 0.5) is 4.39 Å². The average molecular weight is 302 g/mol. The van der Waals surface area contributed by atoms with Gasteiger partial charge in [-0.3, -0.25) is 0 Å². The minimum atomic E-state index is -0.192. The fourth-order valence-corrected chi connectivity index (χ4v) is 2.37. The van der Waals surface area contributed by atoms with Gasteiger partial charge in [0.15, 0.2) is 0 Å². The van der Waals surface area contributed by atoms with Gasteiger partial charge in [0.2, 0.25) is 0 Å². The van der Waals surface area contributed by atoms with E-state index in [1.807, 2.05) is 0 Å². The summed E-state index contributed by atoms with van der Waals surface area (Å²) in [7, 11) is 0. The number of nitrogens with one attached hydrogen (secondary N) is 1. The van der Waals surface area contributed by atoms with Gasteiger partial charge in [0.25, 0.3) is 0 Å². The summed E-state index contributed by atoms with van der Waals surface area (Å²) in [6, 6.07) is 4.78. The monoisotopic (exact) mass is 301 g/mol. The maximum atomic E-state index is 13.1. The molecule has 1 N–H and O–H groups in total. The predicted molar refractivity (Wildman–Crippen MR) is 69.4 cm³/mol. The van der Waals surface area contributed by atoms with Crippen LogP contribution in [0.25, 0.3) is 0 Å². The summed E-state index contributed by atoms with van der Waals surface area (Å²) >= 11 is 3.44. The van der Waals surface area contributed by atoms with Crippen molar-refractivity contribution >= 4 is 15.9 Å². The van der Waals surface area contributed by atoms with Crippen molar-refractivity contribution < 1.29 is 9.13 Å². The average Bonchev–Trinajstić information content (AvgIpc) is 2.31. The zero-order valence-electron chi connectivity index (χ0n) is 9.93. The van der Waals surface area contributed by atoms with E-state index in [0.717, 1.165) is 36.1 Å². The third-order valence-corrected chi connectivity index (χ3v) is 4.08. The fourth-order valence-electron chi connectivity index (χ4n) is 1.99. The van der Waals surface area contributed by atoms with Crippen LogP contribution in [0.3, 0.4) is 0 Å². The molecule has 1 aromatic carbocycles. The van der Waals surface area contributed by atoms with Gasteiger partial charge < -0.3 is 10.1 Å². The summed E-state index contributed by atoms with van der Waals surface area (Å²) in [5, 5.41) is 3.51. The number of benzene rings is 1. The maximum Gasteiger partial charge on any atom is 0.123 e. The molecule has 2 rings (SSSR count). The molecule has 0 unspecified atom stereocenters. The molecule has 1 aliphatic rings. The van der Waals surface area contributed by atoms with E-state index in [-0.39, 0.29) is 11.4 Å². The van der Waals surface area contributed by atoms with Crippen LogP contribution in [-0.4, -0.2) is 18.8 Å². The molecule has 1 aromatic rings. The fraction of sp³-hybridized carbons (Fsp3) is 0.538. The molecular formula is C13H17BrFNO. The van der Waals surface area contributed by atoms with E-state index in [0.29, 0.717) is 6.54 Å². The Hall–Kier alpha value is -0.450. The molecule has 94 valence electrons. The van der Waals surface area contributed by atoms with E-state index >= 15 is 0 Å². The Labute approximate surface area is 110 Å². The summed E-state index contributed by atoms with van der Waals surface area (Å²) in [4.78, 5) is 0. The first kappa shape index (κ1) is 13.0. The molecule has 17 heavy (non-hydrogen) atoms. The third-order valence-electron chi connectivity index (χ3n) is 3.31. The summed E-state index contributed by atoms with van der Waals surface area (Å²) < 4.78 is 19.4. The Balaban J connectivity index is 1.99. The SMILES string of the molecule is CC1(NCc2cc(F)ccc2Br)CCOCC1. The Morgan fingerprint density at radius 3 is 2.82 bits per heavy atom. The van der Waals surface area contributed by atoms with Gasteiger partial charge in [0, 0.05) is 29.8 Å². The lowest BCUT2D eigenvalue weighted by molar-refractivity contribution is 0.0446. The van der Waals surface area contributed by atoms with Gasteiger partial charge in [0.1, 0.15) is 5.82 Å². The molecule has 0 saturated carbocycles. The topological polar surface area (TPSA) is 21.3 Å². The lowest BCUT2D eigenvalue weighted by Crippen LogP contribution is -2.46. The van der Waals surface area contributed by atoms with E-state index in [1.165, 1.54) is 6.07 Å². The van der Waals surface area contributed by atoms with Gasteiger partial charge in [-0.2, -0.15) is 0 Å². The van der Waals surface area contributed by atoms with Crippen LogP contribution in [0, 0.1) is 5.82 Å². The molecule has 1 heterocycles. The molecule has 1 saturated heterocycles. The van der Waals surface area contributed by atoms with Crippen LogP contribution in [0.2, 0.25) is 0 Å². The van der Waals surface area contributed by atoms with Crippen molar-refractivity contribution in [1.82, 2.24) is 5.32 Å². The molecule has 0 bridgehead atoms. The van der Waals surface area contributed by atoms with E-state index in [4.69, 9.17) is 4.74 Å². The zero-order chi connectivity index (χ0) is 12.3. The molecule has 2 nitrogen and oxygen atoms in total. The van der Waals surface area contributed by atoms with Gasteiger partial charge in [-0.15, -0.1) is 0 Å². The quantitative estimate of drug-likeness (QED) is 0.925. The zero-order valence-corrected chi connectivity index (χ0v) is 11.5. The smallest absolute Gasteiger partial charge is 0.123 e. The van der Waals surface area contributed by atoms with Crippen molar-refractivity contribution in [3.63, 3.8) is 0 Å². The van der Waals surface area contributed by atoms with E-state index in [9.17, 15) is 4.39 Å². The summed E-state index contributed by atoms with van der Waals surface area (Å²) in [6.07, 6.45) is 2.00. The van der Waals surface area contributed by atoms with Crippen molar-refractivity contribution in [3.8, 4) is 0 Å². The number of halogens is 2. The van der Waals surface area contributed by atoms with Crippen molar-refractivity contribution in [1.29, 1.82) is 0 Å². The first-order chi connectivity index (χ1) is 8.09. The lowest BCUT2D eigenvalue weighted by atomic mass is 9.92. The molecule has 1 fully saturated rings. The van der Waals surface area contributed by atoms with E-state index in [1.54, 1.807) is 12.1 Å². The van der Waals surface area contributed by atoms with Gasteiger partial charge in [0.05, 0.1) is 0 Å². The number of hydrogen-bond acceptors (Lipinski definition) is 2. The molecule has 0 aromatic heterocycles. The second-order valence-corrected chi connectivity index (χ2v) is 5.62. The van der Waals surface area contributed by atoms with Crippen molar-refractivity contribution in [2.45, 2.75) is 31.8 Å². The Morgan fingerprint density at radius 1 is 1.41 bits per heavy atom. The van der Waals surface area contributed by atoms with E-state index < -0.39 is 0 Å². The standard InChI is InChI=1S/C13H17BrFNO/c1-13(4-6-17-7-5-13)16-9-10-8-11(15)2-3-12(10)14/h2-3,8,16H,4-7,9H2,1H3. The molecule has 4 heteroatoms. The highest BCUT2D eigenvalue weighted by Gasteiger charge is 2.26. The van der Waals surface area contributed by atoms with Crippen LogP contribution in [0.15, 0.2) is 22.7 Å². The molecule has 0 spiro atoms. The van der Waals surface area contributed by atoms with Crippen molar-refractivity contribution in [2.24, 2.45) is 0 Å². The molecule has 0 radical (unpaired) electrons. The lowest BCUT2D eigenvalue weighted by Gasteiger charge is -2.34. The van der Waals surface area contributed by atoms with Crippen LogP contribution < -0.4 is 5.32 Å². The second-order valence-electron chi connectivity index (χ2n) is 4.76. The van der Waals surface area contributed by atoms with Gasteiger partial charge in [-0.1, -0.05) is 15.9 Å². The number of rotatable bonds is 3. The highest BCUT2D eigenvalue weighted by Crippen LogP contribution is 2.22. The van der Waals surface area contributed by atoms with E-state index in [2.05, 4.69) is 28.2 Å². The molecule has 0 atom stereocenters. The third kappa shape index (κ3) is 3.50. The molecule has 0 amide bonds. The second kappa shape index (κ2) is 5.46. The minimum Gasteiger partial charge on any atom is -0.381 e. The summed E-state index contributed by atoms with van der Waals surface area (Å²) in [5.41, 5.74) is 1.06. The maximum absolute atomic E-state index is 13.1. The normalized spacial score (nSPS) is 19.2. The number of hydrogen-bond donors (Lipinski definition) is 1. The van der Waals surface area contributed by atoms with Crippen molar-refractivity contribution in [3.05, 3.63) is 34.1 Å².